The zero-order valence-electron chi connectivity index (χ0n) is 16.4. The van der Waals surface area contributed by atoms with E-state index in [0.29, 0.717) is 28.7 Å². The maximum absolute atomic E-state index is 12.8. The third-order valence-electron chi connectivity index (χ3n) is 4.72. The average molecular weight is 552 g/mol. The quantitative estimate of drug-likeness (QED) is 0.255. The summed E-state index contributed by atoms with van der Waals surface area (Å²) < 4.78 is 12.9. The molecule has 2 amide bonds. The van der Waals surface area contributed by atoms with Gasteiger partial charge in [0.1, 0.15) is 22.1 Å². The molecule has 2 saturated heterocycles. The maximum Gasteiger partial charge on any atom is 0.352 e. The Balaban J connectivity index is 1.42. The number of amides is 2. The minimum absolute atomic E-state index is 0.0590. The molecule has 0 saturated carbocycles. The topological polar surface area (TPSA) is 142 Å². The number of aromatic nitrogens is 2. The summed E-state index contributed by atoms with van der Waals surface area (Å²) in [5.74, 6) is -0.467. The number of thiocarbonyl (C=S) groups is 1. The molecule has 0 aromatic carbocycles. The number of rotatable bonds is 6. The molecule has 0 spiro atoms. The summed E-state index contributed by atoms with van der Waals surface area (Å²) in [6, 6.07) is -0.914. The van der Waals surface area contributed by atoms with Crippen molar-refractivity contribution in [2.24, 2.45) is 0 Å². The fourth-order valence-corrected chi connectivity index (χ4v) is 9.32. The van der Waals surface area contributed by atoms with E-state index in [1.54, 1.807) is 11.8 Å². The highest BCUT2D eigenvalue weighted by Crippen LogP contribution is 2.41. The van der Waals surface area contributed by atoms with Crippen LogP contribution in [0.3, 0.4) is 0 Å². The lowest BCUT2D eigenvalue weighted by molar-refractivity contribution is -0.150. The molecule has 4 rings (SSSR count). The van der Waals surface area contributed by atoms with Crippen LogP contribution in [0.15, 0.2) is 15.6 Å². The number of hydrogen-bond acceptors (Lipinski definition) is 12. The summed E-state index contributed by atoms with van der Waals surface area (Å²) in [6.07, 6.45) is 0. The molecule has 16 heteroatoms. The lowest BCUT2D eigenvalue weighted by atomic mass is 10.0. The van der Waals surface area contributed by atoms with Crippen molar-refractivity contribution in [3.8, 4) is 0 Å². The van der Waals surface area contributed by atoms with E-state index >= 15 is 0 Å². The molecule has 4 atom stereocenters. The van der Waals surface area contributed by atoms with Crippen molar-refractivity contribution in [2.75, 3.05) is 23.1 Å². The first-order valence-electron chi connectivity index (χ1n) is 9.17. The van der Waals surface area contributed by atoms with E-state index in [-0.39, 0.29) is 9.89 Å². The van der Waals surface area contributed by atoms with Crippen LogP contribution in [-0.2, 0) is 25.2 Å². The van der Waals surface area contributed by atoms with Crippen molar-refractivity contribution in [3.63, 3.8) is 0 Å². The standard InChI is InChI=1S/C16H17N5O5S6/c1-6-19-20-16(31-6)30-3-7-2-29-13-9(12(23)21(13)10(7)14(24)25)18-11(22)15(27)32(26)8-4-28-5-17-8/h8-9,13,17H,2-5H2,1H3,(H,18,22)(H,24,25)/t8?,9?,13-,32?/m0/s1. The molecule has 0 radical (unpaired) electrons. The summed E-state index contributed by atoms with van der Waals surface area (Å²) in [7, 11) is -1.69. The number of carboxylic acid groups (broad SMARTS) is 1. The number of thioether (sulfide) groups is 3. The van der Waals surface area contributed by atoms with E-state index in [2.05, 4.69) is 20.8 Å². The van der Waals surface area contributed by atoms with Gasteiger partial charge in [-0.05, 0) is 12.5 Å². The second-order valence-corrected chi connectivity index (χ2v) is 13.6. The number of carbonyl (C=O) groups is 3. The summed E-state index contributed by atoms with van der Waals surface area (Å²) in [5.41, 5.74) is 0.549. The molecular formula is C16H17N5O5S6. The highest BCUT2D eigenvalue weighted by Gasteiger charge is 2.54. The molecule has 172 valence electrons. The van der Waals surface area contributed by atoms with Gasteiger partial charge in [-0.2, -0.15) is 0 Å². The van der Waals surface area contributed by atoms with Crippen LogP contribution in [0.25, 0.3) is 0 Å². The van der Waals surface area contributed by atoms with Gasteiger partial charge < -0.3 is 10.4 Å². The summed E-state index contributed by atoms with van der Waals surface area (Å²) in [5, 5.41) is 23.1. The highest BCUT2D eigenvalue weighted by atomic mass is 32.2. The molecule has 2 fully saturated rings. The molecule has 32 heavy (non-hydrogen) atoms. The number of nitrogens with zero attached hydrogens (tertiary/aromatic N) is 3. The Labute approximate surface area is 207 Å². The highest BCUT2D eigenvalue weighted by molar-refractivity contribution is 8.16. The zero-order chi connectivity index (χ0) is 23.0. The summed E-state index contributed by atoms with van der Waals surface area (Å²) in [4.78, 5) is 38.4. The molecule has 3 aliphatic rings. The number of nitrogens with one attached hydrogen (secondary N) is 2. The average Bonchev–Trinajstić information content (AvgIpc) is 3.45. The van der Waals surface area contributed by atoms with Crippen LogP contribution >= 0.6 is 58.8 Å². The smallest absolute Gasteiger partial charge is 0.352 e. The molecule has 0 aliphatic carbocycles. The monoisotopic (exact) mass is 551 g/mol. The summed E-state index contributed by atoms with van der Waals surface area (Å²) in [6.45, 7) is 1.84. The number of carboxylic acids is 1. The van der Waals surface area contributed by atoms with E-state index in [9.17, 15) is 23.7 Å². The van der Waals surface area contributed by atoms with E-state index in [0.717, 1.165) is 9.35 Å². The van der Waals surface area contributed by atoms with Gasteiger partial charge in [-0.25, -0.2) is 4.79 Å². The van der Waals surface area contributed by atoms with Crippen LogP contribution in [0.5, 0.6) is 0 Å². The molecular weight excluding hydrogens is 535 g/mol. The fraction of sp³-hybridized carbons (Fsp3) is 0.500. The number of fused-ring (bicyclic) bond motifs is 1. The summed E-state index contributed by atoms with van der Waals surface area (Å²) >= 11 is 10.8. The first kappa shape index (κ1) is 24.1. The minimum atomic E-state index is -1.69. The molecule has 1 aromatic heterocycles. The van der Waals surface area contributed by atoms with Gasteiger partial charge >= 0.3 is 5.97 Å². The van der Waals surface area contributed by atoms with Gasteiger partial charge in [0.05, 0.1) is 16.2 Å². The van der Waals surface area contributed by atoms with Crippen LogP contribution in [0, 0.1) is 6.92 Å². The van der Waals surface area contributed by atoms with Crippen LogP contribution < -0.4 is 10.6 Å². The Morgan fingerprint density at radius 1 is 1.44 bits per heavy atom. The molecule has 4 heterocycles. The zero-order valence-corrected chi connectivity index (χ0v) is 21.3. The van der Waals surface area contributed by atoms with E-state index in [4.69, 9.17) is 12.2 Å². The molecule has 1 aromatic rings. The van der Waals surface area contributed by atoms with Gasteiger partial charge in [-0.3, -0.25) is 24.0 Å². The van der Waals surface area contributed by atoms with Crippen LogP contribution in [0.2, 0.25) is 0 Å². The number of β-lactam (4-membered cyclic amide) rings is 1. The van der Waals surface area contributed by atoms with Gasteiger partial charge in [0.25, 0.3) is 11.8 Å². The van der Waals surface area contributed by atoms with Crippen LogP contribution in [0.1, 0.15) is 5.01 Å². The maximum atomic E-state index is 12.8. The second kappa shape index (κ2) is 10.1. The van der Waals surface area contributed by atoms with Crippen LogP contribution in [-0.4, -0.2) is 86.3 Å². The van der Waals surface area contributed by atoms with Gasteiger partial charge in [0.2, 0.25) is 0 Å². The van der Waals surface area contributed by atoms with E-state index in [1.807, 2.05) is 6.92 Å². The third kappa shape index (κ3) is 4.76. The van der Waals surface area contributed by atoms with Crippen molar-refractivity contribution in [1.82, 2.24) is 25.7 Å². The van der Waals surface area contributed by atoms with Crippen molar-refractivity contribution in [3.05, 3.63) is 16.3 Å². The van der Waals surface area contributed by atoms with E-state index in [1.165, 1.54) is 39.8 Å². The Morgan fingerprint density at radius 3 is 2.84 bits per heavy atom. The SMILES string of the molecule is Cc1nnc(SCC2=C(C(=O)O)N3C(=O)C(NC(=O)C(=S)S(=O)C4CSCN4)[C@@H]3SC2)s1. The van der Waals surface area contributed by atoms with Crippen molar-refractivity contribution in [2.45, 2.75) is 28.1 Å². The lowest BCUT2D eigenvalue weighted by Gasteiger charge is -2.49. The second-order valence-electron chi connectivity index (χ2n) is 6.79. The molecule has 0 bridgehead atoms. The van der Waals surface area contributed by atoms with E-state index < -0.39 is 45.4 Å². The predicted octanol–water partition coefficient (Wildman–Crippen LogP) is 0.373. The van der Waals surface area contributed by atoms with Crippen molar-refractivity contribution >= 4 is 91.6 Å². The van der Waals surface area contributed by atoms with Gasteiger partial charge in [0.15, 0.2) is 8.54 Å². The van der Waals surface area contributed by atoms with Crippen molar-refractivity contribution in [1.29, 1.82) is 0 Å². The number of aliphatic carboxylic acids is 1. The van der Waals surface area contributed by atoms with Gasteiger partial charge in [-0.1, -0.05) is 35.3 Å². The van der Waals surface area contributed by atoms with Gasteiger partial charge in [0, 0.05) is 23.1 Å². The third-order valence-corrected chi connectivity index (χ3v) is 11.4. The molecule has 10 nitrogen and oxygen atoms in total. The van der Waals surface area contributed by atoms with Crippen molar-refractivity contribution < 1.29 is 23.7 Å². The van der Waals surface area contributed by atoms with Crippen LogP contribution in [0.4, 0.5) is 0 Å². The molecule has 3 aliphatic heterocycles. The Morgan fingerprint density at radius 2 is 2.22 bits per heavy atom. The number of hydrogen-bond donors (Lipinski definition) is 3. The first-order valence-corrected chi connectivity index (χ1v) is 14.8. The number of carbonyl (C=O) groups excluding carboxylic acids is 2. The lowest BCUT2D eigenvalue weighted by Crippen LogP contribution is -2.71. The predicted molar refractivity (Wildman–Crippen MR) is 130 cm³/mol. The molecule has 3 unspecified atom stereocenters. The first-order chi connectivity index (χ1) is 15.3. The minimum Gasteiger partial charge on any atom is -0.477 e. The van der Waals surface area contributed by atoms with Gasteiger partial charge in [-0.15, -0.1) is 33.7 Å². The normalized spacial score (nSPS) is 25.8. The fourth-order valence-electron chi connectivity index (χ4n) is 3.21. The Bertz CT molecular complexity index is 1040. The molecule has 3 N–H and O–H groups in total. The Hall–Kier alpha value is -1.04. The largest absolute Gasteiger partial charge is 0.477 e. The number of aryl methyl sites for hydroxylation is 1. The Kier molecular flexibility index (Phi) is 7.58.